The van der Waals surface area contributed by atoms with Crippen molar-refractivity contribution in [3.8, 4) is 0 Å². The van der Waals surface area contributed by atoms with Crippen LogP contribution in [0.15, 0.2) is 16.0 Å². The first kappa shape index (κ1) is 19.0. The lowest BCUT2D eigenvalue weighted by atomic mass is 9.94. The van der Waals surface area contributed by atoms with E-state index >= 15 is 0 Å². The van der Waals surface area contributed by atoms with Crippen molar-refractivity contribution < 1.29 is 4.79 Å². The van der Waals surface area contributed by atoms with E-state index in [9.17, 15) is 9.59 Å². The van der Waals surface area contributed by atoms with Gasteiger partial charge < -0.3 is 9.88 Å². The van der Waals surface area contributed by atoms with Gasteiger partial charge in [-0.05, 0) is 39.7 Å². The van der Waals surface area contributed by atoms with Crippen molar-refractivity contribution in [1.82, 2.24) is 19.4 Å². The summed E-state index contributed by atoms with van der Waals surface area (Å²) in [5, 5.41) is 0.613. The summed E-state index contributed by atoms with van der Waals surface area (Å²) in [4.78, 5) is 35.1. The lowest BCUT2D eigenvalue weighted by Gasteiger charge is -2.31. The van der Waals surface area contributed by atoms with Gasteiger partial charge in [-0.2, -0.15) is 0 Å². The zero-order valence-electron chi connectivity index (χ0n) is 16.0. The van der Waals surface area contributed by atoms with E-state index in [0.717, 1.165) is 18.5 Å². The van der Waals surface area contributed by atoms with Gasteiger partial charge in [0, 0.05) is 24.8 Å². The molecule has 0 spiro atoms. The van der Waals surface area contributed by atoms with Gasteiger partial charge in [0.15, 0.2) is 5.16 Å². The van der Waals surface area contributed by atoms with Gasteiger partial charge in [-0.3, -0.25) is 14.2 Å². The standard InChI is InChI=1S/C19H28N4O2S/c1-12(2)23-18(25)17-15(10-13(3)20-17)21-19(23)26-11-16(24)22(4)14-8-6-5-7-9-14/h10,12,14,20H,5-9,11H2,1-4H3. The van der Waals surface area contributed by atoms with Crippen LogP contribution in [0.4, 0.5) is 0 Å². The molecule has 1 saturated carbocycles. The molecule has 7 heteroatoms. The molecule has 0 aliphatic heterocycles. The lowest BCUT2D eigenvalue weighted by molar-refractivity contribution is -0.129. The third-order valence-corrected chi connectivity index (χ3v) is 6.08. The van der Waals surface area contributed by atoms with Crippen LogP contribution in [-0.2, 0) is 4.79 Å². The Morgan fingerprint density at radius 2 is 2.08 bits per heavy atom. The molecule has 2 aromatic heterocycles. The maximum absolute atomic E-state index is 12.8. The molecule has 26 heavy (non-hydrogen) atoms. The molecule has 0 saturated heterocycles. The minimum absolute atomic E-state index is 0.0170. The molecular weight excluding hydrogens is 348 g/mol. The monoisotopic (exact) mass is 376 g/mol. The quantitative estimate of drug-likeness (QED) is 0.640. The number of carbonyl (C=O) groups is 1. The number of aromatic amines is 1. The number of aryl methyl sites for hydroxylation is 1. The third kappa shape index (κ3) is 3.82. The first-order chi connectivity index (χ1) is 12.4. The summed E-state index contributed by atoms with van der Waals surface area (Å²) >= 11 is 1.36. The summed E-state index contributed by atoms with van der Waals surface area (Å²) in [6, 6.07) is 2.21. The highest BCUT2D eigenvalue weighted by Gasteiger charge is 2.23. The number of thioether (sulfide) groups is 1. The van der Waals surface area contributed by atoms with Crippen LogP contribution >= 0.6 is 11.8 Å². The van der Waals surface area contributed by atoms with Gasteiger partial charge in [0.05, 0.1) is 11.3 Å². The van der Waals surface area contributed by atoms with E-state index in [4.69, 9.17) is 0 Å². The minimum atomic E-state index is -0.0753. The lowest BCUT2D eigenvalue weighted by Crippen LogP contribution is -2.39. The van der Waals surface area contributed by atoms with Crippen molar-refractivity contribution >= 4 is 28.7 Å². The highest BCUT2D eigenvalue weighted by molar-refractivity contribution is 7.99. The maximum Gasteiger partial charge on any atom is 0.278 e. The molecule has 1 N–H and O–H groups in total. The van der Waals surface area contributed by atoms with Crippen molar-refractivity contribution in [3.05, 3.63) is 22.1 Å². The van der Waals surface area contributed by atoms with Crippen molar-refractivity contribution in [2.24, 2.45) is 0 Å². The molecule has 0 unspecified atom stereocenters. The molecule has 142 valence electrons. The first-order valence-electron chi connectivity index (χ1n) is 9.38. The van der Waals surface area contributed by atoms with Gasteiger partial charge in [0.25, 0.3) is 5.56 Å². The summed E-state index contributed by atoms with van der Waals surface area (Å²) in [6.07, 6.45) is 5.86. The largest absolute Gasteiger partial charge is 0.353 e. The van der Waals surface area contributed by atoms with Crippen LogP contribution < -0.4 is 5.56 Å². The van der Waals surface area contributed by atoms with Gasteiger partial charge in [-0.15, -0.1) is 0 Å². The second-order valence-electron chi connectivity index (χ2n) is 7.46. The molecule has 3 rings (SSSR count). The van der Waals surface area contributed by atoms with Crippen LogP contribution in [0.1, 0.15) is 57.7 Å². The minimum Gasteiger partial charge on any atom is -0.353 e. The van der Waals surface area contributed by atoms with Crippen molar-refractivity contribution in [3.63, 3.8) is 0 Å². The van der Waals surface area contributed by atoms with Crippen LogP contribution in [-0.4, -0.2) is 44.2 Å². The number of H-pyrrole nitrogens is 1. The SMILES string of the molecule is Cc1cc2nc(SCC(=O)N(C)C3CCCCC3)n(C(C)C)c(=O)c2[nH]1. The Hall–Kier alpha value is -1.76. The van der Waals surface area contributed by atoms with Crippen LogP contribution in [0.2, 0.25) is 0 Å². The van der Waals surface area contributed by atoms with Crippen LogP contribution in [0.25, 0.3) is 11.0 Å². The Morgan fingerprint density at radius 1 is 1.38 bits per heavy atom. The highest BCUT2D eigenvalue weighted by Crippen LogP contribution is 2.24. The van der Waals surface area contributed by atoms with Crippen LogP contribution in [0.5, 0.6) is 0 Å². The molecule has 1 aliphatic carbocycles. The summed E-state index contributed by atoms with van der Waals surface area (Å²) < 4.78 is 1.68. The predicted octanol–water partition coefficient (Wildman–Crippen LogP) is 3.50. The maximum atomic E-state index is 12.8. The fourth-order valence-corrected chi connectivity index (χ4v) is 4.70. The average molecular weight is 377 g/mol. The third-order valence-electron chi connectivity index (χ3n) is 5.14. The molecule has 1 amide bonds. The van der Waals surface area contributed by atoms with Crippen LogP contribution in [0.3, 0.4) is 0 Å². The molecule has 0 radical (unpaired) electrons. The van der Waals surface area contributed by atoms with E-state index in [2.05, 4.69) is 9.97 Å². The Balaban J connectivity index is 1.80. The molecule has 1 aliphatic rings. The molecule has 0 atom stereocenters. The smallest absolute Gasteiger partial charge is 0.278 e. The Labute approximate surface area is 158 Å². The summed E-state index contributed by atoms with van der Waals surface area (Å²) in [5.41, 5.74) is 2.04. The van der Waals surface area contributed by atoms with E-state index in [1.807, 2.05) is 38.8 Å². The van der Waals surface area contributed by atoms with E-state index < -0.39 is 0 Å². The second-order valence-corrected chi connectivity index (χ2v) is 8.40. The molecule has 2 aromatic rings. The van der Waals surface area contributed by atoms with Gasteiger partial charge in [-0.25, -0.2) is 4.98 Å². The van der Waals surface area contributed by atoms with E-state index in [0.29, 0.717) is 28.0 Å². The van der Waals surface area contributed by atoms with Gasteiger partial charge >= 0.3 is 0 Å². The number of hydrogen-bond acceptors (Lipinski definition) is 4. The normalized spacial score (nSPS) is 15.7. The number of aromatic nitrogens is 3. The summed E-state index contributed by atoms with van der Waals surface area (Å²) in [6.45, 7) is 5.84. The predicted molar refractivity (Wildman–Crippen MR) is 106 cm³/mol. The fraction of sp³-hybridized carbons (Fsp3) is 0.632. The number of nitrogens with zero attached hydrogens (tertiary/aromatic N) is 3. The highest BCUT2D eigenvalue weighted by atomic mass is 32.2. The average Bonchev–Trinajstić information content (AvgIpc) is 3.00. The number of amides is 1. The fourth-order valence-electron chi connectivity index (χ4n) is 3.65. The van der Waals surface area contributed by atoms with E-state index in [-0.39, 0.29) is 17.5 Å². The van der Waals surface area contributed by atoms with Gasteiger partial charge in [-0.1, -0.05) is 31.0 Å². The van der Waals surface area contributed by atoms with Gasteiger partial charge in [0.2, 0.25) is 5.91 Å². The Bertz CT molecular complexity index is 849. The van der Waals surface area contributed by atoms with E-state index in [1.54, 1.807) is 4.57 Å². The van der Waals surface area contributed by atoms with E-state index in [1.165, 1.54) is 31.0 Å². The topological polar surface area (TPSA) is 71.0 Å². The molecule has 6 nitrogen and oxygen atoms in total. The Kier molecular flexibility index (Phi) is 5.75. The summed E-state index contributed by atoms with van der Waals surface area (Å²) in [5.74, 6) is 0.415. The van der Waals surface area contributed by atoms with Crippen molar-refractivity contribution in [1.29, 1.82) is 0 Å². The number of fused-ring (bicyclic) bond motifs is 1. The van der Waals surface area contributed by atoms with Gasteiger partial charge in [0.1, 0.15) is 5.52 Å². The van der Waals surface area contributed by atoms with Crippen molar-refractivity contribution in [2.75, 3.05) is 12.8 Å². The second kappa shape index (κ2) is 7.86. The number of rotatable bonds is 5. The van der Waals surface area contributed by atoms with Crippen molar-refractivity contribution in [2.45, 2.75) is 70.1 Å². The number of nitrogens with one attached hydrogen (secondary N) is 1. The molecule has 0 bridgehead atoms. The zero-order valence-corrected chi connectivity index (χ0v) is 16.9. The molecule has 1 fully saturated rings. The number of hydrogen-bond donors (Lipinski definition) is 1. The Morgan fingerprint density at radius 3 is 2.73 bits per heavy atom. The van der Waals surface area contributed by atoms with Crippen LogP contribution in [0, 0.1) is 6.92 Å². The number of carbonyl (C=O) groups excluding carboxylic acids is 1. The molecular formula is C19H28N4O2S. The molecule has 2 heterocycles. The molecule has 0 aromatic carbocycles. The zero-order chi connectivity index (χ0) is 18.8. The summed E-state index contributed by atoms with van der Waals surface area (Å²) in [7, 11) is 1.90. The first-order valence-corrected chi connectivity index (χ1v) is 10.4.